The molecular formula is C7H16N2O. The van der Waals surface area contributed by atoms with E-state index in [9.17, 15) is 0 Å². The molecule has 0 aromatic rings. The van der Waals surface area contributed by atoms with Gasteiger partial charge < -0.3 is 10.1 Å². The molecule has 3 heteroatoms. The van der Waals surface area contributed by atoms with Gasteiger partial charge in [0.1, 0.15) is 0 Å². The van der Waals surface area contributed by atoms with Crippen LogP contribution in [-0.4, -0.2) is 19.7 Å². The predicted molar refractivity (Wildman–Crippen MR) is 42.3 cm³/mol. The number of hydrogen-bond acceptors (Lipinski definition) is 2. The molecule has 0 aliphatic rings. The lowest BCUT2D eigenvalue weighted by atomic mass is 10.3. The Balaban J connectivity index is 2.96. The molecule has 0 aliphatic carbocycles. The minimum Gasteiger partial charge on any atom is -0.465 e. The quantitative estimate of drug-likeness (QED) is 0.355. The van der Waals surface area contributed by atoms with Crippen molar-refractivity contribution in [3.63, 3.8) is 0 Å². The summed E-state index contributed by atoms with van der Waals surface area (Å²) >= 11 is 0. The summed E-state index contributed by atoms with van der Waals surface area (Å²) in [5.74, 6) is 0. The second kappa shape index (κ2) is 6.39. The highest BCUT2D eigenvalue weighted by atomic mass is 16.5. The summed E-state index contributed by atoms with van der Waals surface area (Å²) in [4.78, 5) is 0. The second-order valence-corrected chi connectivity index (χ2v) is 2.13. The van der Waals surface area contributed by atoms with E-state index < -0.39 is 0 Å². The van der Waals surface area contributed by atoms with Crippen molar-refractivity contribution in [3.05, 3.63) is 0 Å². The van der Waals surface area contributed by atoms with Crippen LogP contribution < -0.4 is 5.32 Å². The standard InChI is InChI=1S/C7H16N2O/c1-3-4-5-6-10-7(8)9-2/h3-6H2,1-2H3,(H2,8,9). The normalized spacial score (nSPS) is 9.00. The van der Waals surface area contributed by atoms with Crippen LogP contribution in [0.4, 0.5) is 0 Å². The van der Waals surface area contributed by atoms with E-state index in [1.165, 1.54) is 12.8 Å². The Morgan fingerprint density at radius 2 is 2.20 bits per heavy atom. The summed E-state index contributed by atoms with van der Waals surface area (Å²) in [5, 5.41) is 9.64. The molecule has 0 saturated heterocycles. The first-order chi connectivity index (χ1) is 4.81. The van der Waals surface area contributed by atoms with E-state index in [4.69, 9.17) is 10.1 Å². The molecule has 0 atom stereocenters. The zero-order chi connectivity index (χ0) is 7.82. The van der Waals surface area contributed by atoms with Crippen LogP contribution in [0.1, 0.15) is 26.2 Å². The lowest BCUT2D eigenvalue weighted by Crippen LogP contribution is -2.20. The molecule has 0 aromatic carbocycles. The van der Waals surface area contributed by atoms with Crippen molar-refractivity contribution in [2.24, 2.45) is 0 Å². The van der Waals surface area contributed by atoms with Gasteiger partial charge in [0.2, 0.25) is 0 Å². The maximum atomic E-state index is 7.04. The fraction of sp³-hybridized carbons (Fsp3) is 0.857. The molecule has 0 fully saturated rings. The summed E-state index contributed by atoms with van der Waals surface area (Å²) in [6.45, 7) is 2.80. The number of ether oxygens (including phenoxy) is 1. The van der Waals surface area contributed by atoms with Crippen molar-refractivity contribution in [1.29, 1.82) is 5.41 Å². The summed E-state index contributed by atoms with van der Waals surface area (Å²) in [5.41, 5.74) is 0. The number of rotatable bonds is 4. The zero-order valence-corrected chi connectivity index (χ0v) is 6.74. The molecule has 3 nitrogen and oxygen atoms in total. The molecule has 0 saturated carbocycles. The van der Waals surface area contributed by atoms with E-state index in [0.29, 0.717) is 6.61 Å². The maximum Gasteiger partial charge on any atom is 0.281 e. The van der Waals surface area contributed by atoms with Crippen LogP contribution in [0.15, 0.2) is 0 Å². The monoisotopic (exact) mass is 144 g/mol. The van der Waals surface area contributed by atoms with Crippen LogP contribution >= 0.6 is 0 Å². The van der Waals surface area contributed by atoms with Crippen LogP contribution in [-0.2, 0) is 4.74 Å². The lowest BCUT2D eigenvalue weighted by molar-refractivity contribution is 0.279. The first-order valence-electron chi connectivity index (χ1n) is 3.70. The molecule has 0 aromatic heterocycles. The average molecular weight is 144 g/mol. The van der Waals surface area contributed by atoms with Gasteiger partial charge in [0, 0.05) is 7.05 Å². The Bertz CT molecular complexity index is 93.6. The Morgan fingerprint density at radius 1 is 1.50 bits per heavy atom. The van der Waals surface area contributed by atoms with Gasteiger partial charge >= 0.3 is 0 Å². The molecule has 0 spiro atoms. The average Bonchev–Trinajstić information content (AvgIpc) is 1.98. The topological polar surface area (TPSA) is 45.1 Å². The first-order valence-corrected chi connectivity index (χ1v) is 3.70. The highest BCUT2D eigenvalue weighted by molar-refractivity contribution is 5.69. The highest BCUT2D eigenvalue weighted by Crippen LogP contribution is 1.93. The van der Waals surface area contributed by atoms with Crippen molar-refractivity contribution in [1.82, 2.24) is 5.32 Å². The van der Waals surface area contributed by atoms with E-state index in [1.54, 1.807) is 7.05 Å². The molecule has 0 heterocycles. The Kier molecular flexibility index (Phi) is 5.92. The predicted octanol–water partition coefficient (Wildman–Crippen LogP) is 1.35. The van der Waals surface area contributed by atoms with E-state index in [1.807, 2.05) is 0 Å². The molecule has 0 radical (unpaired) electrons. The number of hydrogen-bond donors (Lipinski definition) is 2. The van der Waals surface area contributed by atoms with Crippen LogP contribution in [0.3, 0.4) is 0 Å². The molecule has 2 N–H and O–H groups in total. The highest BCUT2D eigenvalue weighted by Gasteiger charge is 1.90. The second-order valence-electron chi connectivity index (χ2n) is 2.13. The molecule has 0 unspecified atom stereocenters. The minimum absolute atomic E-state index is 0.163. The van der Waals surface area contributed by atoms with Crippen LogP contribution in [0.2, 0.25) is 0 Å². The van der Waals surface area contributed by atoms with Crippen molar-refractivity contribution < 1.29 is 4.74 Å². The Morgan fingerprint density at radius 3 is 2.70 bits per heavy atom. The number of unbranched alkanes of at least 4 members (excludes halogenated alkanes) is 2. The molecule has 0 rings (SSSR count). The first kappa shape index (κ1) is 9.27. The summed E-state index contributed by atoms with van der Waals surface area (Å²) < 4.78 is 4.97. The molecule has 0 bridgehead atoms. The molecule has 0 aliphatic heterocycles. The van der Waals surface area contributed by atoms with Gasteiger partial charge in [0.15, 0.2) is 0 Å². The SMILES string of the molecule is CCCCCOC(=N)NC. The van der Waals surface area contributed by atoms with Gasteiger partial charge in [-0.15, -0.1) is 0 Å². The third kappa shape index (κ3) is 5.41. The molecule has 60 valence electrons. The van der Waals surface area contributed by atoms with Crippen LogP contribution in [0, 0.1) is 5.41 Å². The van der Waals surface area contributed by atoms with Crippen LogP contribution in [0.5, 0.6) is 0 Å². The van der Waals surface area contributed by atoms with E-state index in [0.717, 1.165) is 6.42 Å². The number of nitrogens with one attached hydrogen (secondary N) is 2. The van der Waals surface area contributed by atoms with Gasteiger partial charge in [-0.25, -0.2) is 0 Å². The minimum atomic E-state index is 0.163. The molecule has 0 amide bonds. The third-order valence-corrected chi connectivity index (χ3v) is 1.22. The summed E-state index contributed by atoms with van der Waals surface area (Å²) in [6, 6.07) is 0.163. The van der Waals surface area contributed by atoms with Crippen molar-refractivity contribution in [2.45, 2.75) is 26.2 Å². The van der Waals surface area contributed by atoms with Gasteiger partial charge in [-0.2, -0.15) is 0 Å². The van der Waals surface area contributed by atoms with E-state index in [-0.39, 0.29) is 6.02 Å². The summed E-state index contributed by atoms with van der Waals surface area (Å²) in [6.07, 6.45) is 3.41. The lowest BCUT2D eigenvalue weighted by Gasteiger charge is -2.04. The van der Waals surface area contributed by atoms with Crippen molar-refractivity contribution in [3.8, 4) is 0 Å². The van der Waals surface area contributed by atoms with Gasteiger partial charge in [0.05, 0.1) is 6.61 Å². The van der Waals surface area contributed by atoms with Crippen molar-refractivity contribution >= 4 is 6.02 Å². The van der Waals surface area contributed by atoms with Gasteiger partial charge in [0.25, 0.3) is 6.02 Å². The largest absolute Gasteiger partial charge is 0.465 e. The van der Waals surface area contributed by atoms with Gasteiger partial charge in [-0.1, -0.05) is 19.8 Å². The maximum absolute atomic E-state index is 7.04. The smallest absolute Gasteiger partial charge is 0.281 e. The Labute approximate surface area is 62.3 Å². The van der Waals surface area contributed by atoms with Crippen LogP contribution in [0.25, 0.3) is 0 Å². The molecular weight excluding hydrogens is 128 g/mol. The third-order valence-electron chi connectivity index (χ3n) is 1.22. The summed E-state index contributed by atoms with van der Waals surface area (Å²) in [7, 11) is 1.68. The Hall–Kier alpha value is -0.730. The van der Waals surface area contributed by atoms with E-state index in [2.05, 4.69) is 12.2 Å². The zero-order valence-electron chi connectivity index (χ0n) is 6.74. The fourth-order valence-corrected chi connectivity index (χ4v) is 0.598. The van der Waals surface area contributed by atoms with Gasteiger partial charge in [-0.05, 0) is 6.42 Å². The fourth-order valence-electron chi connectivity index (χ4n) is 0.598. The van der Waals surface area contributed by atoms with Crippen molar-refractivity contribution in [2.75, 3.05) is 13.7 Å². The van der Waals surface area contributed by atoms with E-state index >= 15 is 0 Å². The number of amidine groups is 1. The van der Waals surface area contributed by atoms with Gasteiger partial charge in [-0.3, -0.25) is 5.41 Å². The molecule has 10 heavy (non-hydrogen) atoms.